The topological polar surface area (TPSA) is 48.1 Å². The highest BCUT2D eigenvalue weighted by atomic mass is 35.5. The first-order chi connectivity index (χ1) is 14.2. The minimum absolute atomic E-state index is 0.112. The van der Waals surface area contributed by atoms with Crippen LogP contribution in [0.1, 0.15) is 42.9 Å². The van der Waals surface area contributed by atoms with E-state index in [2.05, 4.69) is 45.7 Å². The van der Waals surface area contributed by atoms with Crippen LogP contribution in [0.2, 0.25) is 5.02 Å². The monoisotopic (exact) mass is 409 g/mol. The second-order valence-corrected chi connectivity index (χ2v) is 8.20. The van der Waals surface area contributed by atoms with E-state index in [-0.39, 0.29) is 11.9 Å². The second kappa shape index (κ2) is 9.47. The number of aromatic nitrogens is 1. The standard InChI is InChI=1S/C24H28ClN3O/c25-21-11-3-1-10-20(21)23(28-14-5-6-15-28)17-27-24(29)13-7-8-18-16-26-22-12-4-2-9-19(18)22/h1-4,9-12,16,23,26H,5-8,13-15,17H2,(H,27,29)/t23-/m1/s1. The highest BCUT2D eigenvalue weighted by molar-refractivity contribution is 6.31. The molecule has 4 rings (SSSR count). The minimum atomic E-state index is 0.112. The third-order valence-electron chi connectivity index (χ3n) is 5.86. The zero-order chi connectivity index (χ0) is 20.1. The summed E-state index contributed by atoms with van der Waals surface area (Å²) >= 11 is 6.46. The largest absolute Gasteiger partial charge is 0.361 e. The first kappa shape index (κ1) is 20.0. The van der Waals surface area contributed by atoms with Crippen LogP contribution in [0, 0.1) is 0 Å². The third-order valence-corrected chi connectivity index (χ3v) is 6.21. The van der Waals surface area contributed by atoms with Crippen molar-refractivity contribution in [2.45, 2.75) is 38.1 Å². The molecule has 0 bridgehead atoms. The first-order valence-corrected chi connectivity index (χ1v) is 10.9. The number of rotatable bonds is 8. The number of nitrogens with zero attached hydrogens (tertiary/aromatic N) is 1. The molecule has 2 N–H and O–H groups in total. The smallest absolute Gasteiger partial charge is 0.220 e. The Morgan fingerprint density at radius 3 is 2.69 bits per heavy atom. The molecule has 1 aliphatic rings. The molecule has 1 fully saturated rings. The Morgan fingerprint density at radius 2 is 1.86 bits per heavy atom. The van der Waals surface area contributed by atoms with Crippen molar-refractivity contribution in [1.29, 1.82) is 0 Å². The van der Waals surface area contributed by atoms with Crippen LogP contribution >= 0.6 is 11.6 Å². The van der Waals surface area contributed by atoms with Crippen molar-refractivity contribution in [2.75, 3.05) is 19.6 Å². The molecule has 5 heteroatoms. The van der Waals surface area contributed by atoms with Crippen molar-refractivity contribution < 1.29 is 4.79 Å². The predicted octanol–water partition coefficient (Wildman–Crippen LogP) is 5.10. The summed E-state index contributed by atoms with van der Waals surface area (Å²) in [5.41, 5.74) is 3.54. The van der Waals surface area contributed by atoms with Crippen molar-refractivity contribution in [3.63, 3.8) is 0 Å². The summed E-state index contributed by atoms with van der Waals surface area (Å²) in [5, 5.41) is 5.18. The molecule has 0 saturated carbocycles. The van der Waals surface area contributed by atoms with E-state index in [4.69, 9.17) is 11.6 Å². The van der Waals surface area contributed by atoms with Crippen molar-refractivity contribution in [3.05, 3.63) is 70.9 Å². The molecule has 2 aromatic carbocycles. The van der Waals surface area contributed by atoms with Gasteiger partial charge in [-0.15, -0.1) is 0 Å². The molecule has 1 amide bonds. The quantitative estimate of drug-likeness (QED) is 0.543. The Balaban J connectivity index is 1.31. The maximum Gasteiger partial charge on any atom is 0.220 e. The van der Waals surface area contributed by atoms with Crippen LogP contribution < -0.4 is 5.32 Å². The molecule has 152 valence electrons. The number of fused-ring (bicyclic) bond motifs is 1. The summed E-state index contributed by atoms with van der Waals surface area (Å²) in [6, 6.07) is 16.4. The molecule has 3 aromatic rings. The van der Waals surface area contributed by atoms with E-state index in [1.807, 2.05) is 24.3 Å². The van der Waals surface area contributed by atoms with Gasteiger partial charge in [-0.05, 0) is 62.0 Å². The summed E-state index contributed by atoms with van der Waals surface area (Å²) in [6.07, 6.45) is 6.75. The van der Waals surface area contributed by atoms with Gasteiger partial charge in [0.05, 0.1) is 6.04 Å². The van der Waals surface area contributed by atoms with Crippen molar-refractivity contribution in [3.8, 4) is 0 Å². The fourth-order valence-corrected chi connectivity index (χ4v) is 4.57. The Bertz CT molecular complexity index is 961. The molecule has 0 unspecified atom stereocenters. The van der Waals surface area contributed by atoms with Gasteiger partial charge in [-0.1, -0.05) is 48.0 Å². The van der Waals surface area contributed by atoms with E-state index >= 15 is 0 Å². The molecule has 29 heavy (non-hydrogen) atoms. The molecule has 1 aliphatic heterocycles. The van der Waals surface area contributed by atoms with Crippen LogP contribution in [0.5, 0.6) is 0 Å². The van der Waals surface area contributed by atoms with Crippen molar-refractivity contribution in [2.24, 2.45) is 0 Å². The number of benzene rings is 2. The van der Waals surface area contributed by atoms with Gasteiger partial charge < -0.3 is 10.3 Å². The van der Waals surface area contributed by atoms with Crippen molar-refractivity contribution >= 4 is 28.4 Å². The number of nitrogens with one attached hydrogen (secondary N) is 2. The lowest BCUT2D eigenvalue weighted by Gasteiger charge is -2.29. The van der Waals surface area contributed by atoms with E-state index in [0.29, 0.717) is 13.0 Å². The number of halogens is 1. The van der Waals surface area contributed by atoms with Gasteiger partial charge in [0, 0.05) is 35.1 Å². The number of hydrogen-bond acceptors (Lipinski definition) is 2. The molecule has 1 atom stereocenters. The van der Waals surface area contributed by atoms with Gasteiger partial charge in [0.15, 0.2) is 0 Å². The predicted molar refractivity (Wildman–Crippen MR) is 119 cm³/mol. The van der Waals surface area contributed by atoms with Gasteiger partial charge in [-0.2, -0.15) is 0 Å². The van der Waals surface area contributed by atoms with Gasteiger partial charge in [0.2, 0.25) is 5.91 Å². The number of H-pyrrole nitrogens is 1. The summed E-state index contributed by atoms with van der Waals surface area (Å²) in [5.74, 6) is 0.112. The molecular formula is C24H28ClN3O. The zero-order valence-electron chi connectivity index (χ0n) is 16.7. The number of carbonyl (C=O) groups is 1. The summed E-state index contributed by atoms with van der Waals surface area (Å²) in [6.45, 7) is 2.73. The van der Waals surface area contributed by atoms with E-state index in [1.54, 1.807) is 0 Å². The van der Waals surface area contributed by atoms with E-state index < -0.39 is 0 Å². The lowest BCUT2D eigenvalue weighted by atomic mass is 10.0. The lowest BCUT2D eigenvalue weighted by molar-refractivity contribution is -0.121. The Morgan fingerprint density at radius 1 is 1.10 bits per heavy atom. The van der Waals surface area contributed by atoms with Crippen LogP contribution in [0.15, 0.2) is 54.7 Å². The second-order valence-electron chi connectivity index (χ2n) is 7.80. The van der Waals surface area contributed by atoms with Crippen LogP contribution in [0.4, 0.5) is 0 Å². The number of carbonyl (C=O) groups excluding carboxylic acids is 1. The van der Waals surface area contributed by atoms with E-state index in [0.717, 1.165) is 42.0 Å². The summed E-state index contributed by atoms with van der Waals surface area (Å²) in [4.78, 5) is 18.2. The average Bonchev–Trinajstić information content (AvgIpc) is 3.40. The minimum Gasteiger partial charge on any atom is -0.361 e. The van der Waals surface area contributed by atoms with Crippen LogP contribution in [-0.2, 0) is 11.2 Å². The number of likely N-dealkylation sites (tertiary alicyclic amines) is 1. The fourth-order valence-electron chi connectivity index (χ4n) is 4.31. The first-order valence-electron chi connectivity index (χ1n) is 10.5. The van der Waals surface area contributed by atoms with Crippen molar-refractivity contribution in [1.82, 2.24) is 15.2 Å². The zero-order valence-corrected chi connectivity index (χ0v) is 17.4. The maximum atomic E-state index is 12.5. The van der Waals surface area contributed by atoms with Crippen LogP contribution in [0.3, 0.4) is 0 Å². The molecule has 2 heterocycles. The van der Waals surface area contributed by atoms with Gasteiger partial charge in [-0.3, -0.25) is 9.69 Å². The summed E-state index contributed by atoms with van der Waals surface area (Å²) < 4.78 is 0. The van der Waals surface area contributed by atoms with Gasteiger partial charge >= 0.3 is 0 Å². The Kier molecular flexibility index (Phi) is 6.53. The molecule has 0 radical (unpaired) electrons. The molecule has 0 aliphatic carbocycles. The highest BCUT2D eigenvalue weighted by Crippen LogP contribution is 2.29. The molecule has 4 nitrogen and oxygen atoms in total. The number of para-hydroxylation sites is 1. The highest BCUT2D eigenvalue weighted by Gasteiger charge is 2.25. The molecular weight excluding hydrogens is 382 g/mol. The Labute approximate surface area is 177 Å². The SMILES string of the molecule is O=C(CCCc1c[nH]c2ccccc12)NC[C@H](c1ccccc1Cl)N1CCCC1. The van der Waals surface area contributed by atoms with E-state index in [9.17, 15) is 4.79 Å². The number of amides is 1. The molecule has 1 saturated heterocycles. The number of aromatic amines is 1. The number of aryl methyl sites for hydroxylation is 1. The van der Waals surface area contributed by atoms with Gasteiger partial charge in [0.1, 0.15) is 0 Å². The van der Waals surface area contributed by atoms with Gasteiger partial charge in [-0.25, -0.2) is 0 Å². The molecule has 1 aromatic heterocycles. The number of hydrogen-bond donors (Lipinski definition) is 2. The third kappa shape index (κ3) is 4.82. The average molecular weight is 410 g/mol. The molecule has 0 spiro atoms. The normalized spacial score (nSPS) is 15.6. The van der Waals surface area contributed by atoms with Gasteiger partial charge in [0.25, 0.3) is 0 Å². The fraction of sp³-hybridized carbons (Fsp3) is 0.375. The van der Waals surface area contributed by atoms with Crippen LogP contribution in [-0.4, -0.2) is 35.4 Å². The lowest BCUT2D eigenvalue weighted by Crippen LogP contribution is -2.36. The summed E-state index contributed by atoms with van der Waals surface area (Å²) in [7, 11) is 0. The Hall–Kier alpha value is -2.30. The van der Waals surface area contributed by atoms with Crippen LogP contribution in [0.25, 0.3) is 10.9 Å². The maximum absolute atomic E-state index is 12.5. The van der Waals surface area contributed by atoms with E-state index in [1.165, 1.54) is 23.8 Å².